The van der Waals surface area contributed by atoms with E-state index in [4.69, 9.17) is 4.74 Å². The van der Waals surface area contributed by atoms with Crippen LogP contribution in [-0.2, 0) is 0 Å². The van der Waals surface area contributed by atoms with Crippen LogP contribution in [-0.4, -0.2) is 24.7 Å². The minimum Gasteiger partial charge on any atom is -0.496 e. The first-order valence-electron chi connectivity index (χ1n) is 6.77. The molecule has 0 saturated heterocycles. The van der Waals surface area contributed by atoms with Gasteiger partial charge in [0.2, 0.25) is 0 Å². The average molecular weight is 285 g/mol. The van der Waals surface area contributed by atoms with E-state index in [1.807, 2.05) is 31.2 Å². The van der Waals surface area contributed by atoms with E-state index in [0.717, 1.165) is 5.56 Å². The SMILES string of the molecule is COc1ccccc1[C@@H](O)CNC(=O)c1ccc(C)cc1. The maximum Gasteiger partial charge on any atom is 0.251 e. The molecule has 4 nitrogen and oxygen atoms in total. The number of aliphatic hydroxyl groups is 1. The lowest BCUT2D eigenvalue weighted by Gasteiger charge is -2.15. The van der Waals surface area contributed by atoms with E-state index < -0.39 is 6.10 Å². The molecule has 2 aromatic carbocycles. The number of hydrogen-bond donors (Lipinski definition) is 2. The number of aliphatic hydroxyl groups excluding tert-OH is 1. The zero-order valence-electron chi connectivity index (χ0n) is 12.2. The van der Waals surface area contributed by atoms with Gasteiger partial charge < -0.3 is 15.2 Å². The number of para-hydroxylation sites is 1. The van der Waals surface area contributed by atoms with Crippen molar-refractivity contribution in [2.24, 2.45) is 0 Å². The molecular formula is C17H19NO3. The lowest BCUT2D eigenvalue weighted by atomic mass is 10.1. The summed E-state index contributed by atoms with van der Waals surface area (Å²) in [6.45, 7) is 2.10. The fraction of sp³-hybridized carbons (Fsp3) is 0.235. The smallest absolute Gasteiger partial charge is 0.251 e. The third kappa shape index (κ3) is 3.83. The molecule has 0 spiro atoms. The predicted molar refractivity (Wildman–Crippen MR) is 81.5 cm³/mol. The summed E-state index contributed by atoms with van der Waals surface area (Å²) in [5, 5.41) is 12.9. The minimum atomic E-state index is -0.810. The van der Waals surface area contributed by atoms with Crippen LogP contribution in [0.1, 0.15) is 27.6 Å². The summed E-state index contributed by atoms with van der Waals surface area (Å²) in [6, 6.07) is 14.5. The molecule has 0 aliphatic rings. The summed E-state index contributed by atoms with van der Waals surface area (Å²) in [4.78, 5) is 12.0. The maximum absolute atomic E-state index is 12.0. The highest BCUT2D eigenvalue weighted by Crippen LogP contribution is 2.24. The molecule has 1 amide bonds. The van der Waals surface area contributed by atoms with Gasteiger partial charge in [-0.25, -0.2) is 0 Å². The Morgan fingerprint density at radius 2 is 1.86 bits per heavy atom. The predicted octanol–water partition coefficient (Wildman–Crippen LogP) is 2.47. The molecule has 0 radical (unpaired) electrons. The molecule has 0 unspecified atom stereocenters. The van der Waals surface area contributed by atoms with Gasteiger partial charge >= 0.3 is 0 Å². The molecule has 2 N–H and O–H groups in total. The number of amides is 1. The molecular weight excluding hydrogens is 266 g/mol. The van der Waals surface area contributed by atoms with Crippen LogP contribution in [0.25, 0.3) is 0 Å². The molecule has 0 aliphatic heterocycles. The van der Waals surface area contributed by atoms with E-state index in [0.29, 0.717) is 16.9 Å². The number of rotatable bonds is 5. The highest BCUT2D eigenvalue weighted by Gasteiger charge is 2.14. The molecule has 2 aromatic rings. The van der Waals surface area contributed by atoms with Crippen molar-refractivity contribution in [3.8, 4) is 5.75 Å². The number of benzene rings is 2. The van der Waals surface area contributed by atoms with Crippen molar-refractivity contribution in [3.63, 3.8) is 0 Å². The van der Waals surface area contributed by atoms with Crippen molar-refractivity contribution in [2.75, 3.05) is 13.7 Å². The van der Waals surface area contributed by atoms with Crippen LogP contribution in [0.5, 0.6) is 5.75 Å². The van der Waals surface area contributed by atoms with Crippen LogP contribution in [0.15, 0.2) is 48.5 Å². The molecule has 21 heavy (non-hydrogen) atoms. The average Bonchev–Trinajstić information content (AvgIpc) is 2.52. The molecule has 2 rings (SSSR count). The Bertz CT molecular complexity index is 608. The number of aryl methyl sites for hydroxylation is 1. The standard InChI is InChI=1S/C17H19NO3/c1-12-7-9-13(10-8-12)17(20)18-11-15(19)14-5-3-4-6-16(14)21-2/h3-10,15,19H,11H2,1-2H3,(H,18,20)/t15-/m0/s1. The Kier molecular flexibility index (Phi) is 4.95. The molecule has 0 saturated carbocycles. The molecule has 0 aliphatic carbocycles. The third-order valence-electron chi connectivity index (χ3n) is 3.27. The van der Waals surface area contributed by atoms with Gasteiger partial charge in [-0.05, 0) is 25.1 Å². The maximum atomic E-state index is 12.0. The zero-order valence-corrected chi connectivity index (χ0v) is 12.2. The van der Waals surface area contributed by atoms with Gasteiger partial charge in [-0.2, -0.15) is 0 Å². The molecule has 0 fully saturated rings. The fourth-order valence-electron chi connectivity index (χ4n) is 2.05. The second kappa shape index (κ2) is 6.90. The summed E-state index contributed by atoms with van der Waals surface area (Å²) in [6.07, 6.45) is -0.810. The summed E-state index contributed by atoms with van der Waals surface area (Å²) >= 11 is 0. The van der Waals surface area contributed by atoms with Crippen LogP contribution < -0.4 is 10.1 Å². The topological polar surface area (TPSA) is 58.6 Å². The van der Waals surface area contributed by atoms with E-state index in [9.17, 15) is 9.90 Å². The first-order chi connectivity index (χ1) is 10.1. The van der Waals surface area contributed by atoms with E-state index in [1.165, 1.54) is 0 Å². The Morgan fingerprint density at radius 1 is 1.19 bits per heavy atom. The summed E-state index contributed by atoms with van der Waals surface area (Å²) < 4.78 is 5.20. The lowest BCUT2D eigenvalue weighted by molar-refractivity contribution is 0.0914. The van der Waals surface area contributed by atoms with Crippen LogP contribution in [0.4, 0.5) is 0 Å². The van der Waals surface area contributed by atoms with E-state index in [1.54, 1.807) is 31.4 Å². The zero-order chi connectivity index (χ0) is 15.2. The Labute approximate surface area is 124 Å². The number of hydrogen-bond acceptors (Lipinski definition) is 3. The van der Waals surface area contributed by atoms with Gasteiger partial charge in [-0.3, -0.25) is 4.79 Å². The van der Waals surface area contributed by atoms with Crippen molar-refractivity contribution in [1.82, 2.24) is 5.32 Å². The van der Waals surface area contributed by atoms with Gasteiger partial charge in [-0.1, -0.05) is 35.9 Å². The summed E-state index contributed by atoms with van der Waals surface area (Å²) in [5.74, 6) is 0.401. The van der Waals surface area contributed by atoms with Gasteiger partial charge in [0.05, 0.1) is 13.2 Å². The quantitative estimate of drug-likeness (QED) is 0.887. The normalized spacial score (nSPS) is 11.8. The number of carbonyl (C=O) groups is 1. The molecule has 110 valence electrons. The third-order valence-corrected chi connectivity index (χ3v) is 3.27. The van der Waals surface area contributed by atoms with Gasteiger partial charge in [-0.15, -0.1) is 0 Å². The fourth-order valence-corrected chi connectivity index (χ4v) is 2.05. The van der Waals surface area contributed by atoms with Crippen molar-refractivity contribution in [1.29, 1.82) is 0 Å². The van der Waals surface area contributed by atoms with Crippen molar-refractivity contribution in [2.45, 2.75) is 13.0 Å². The van der Waals surface area contributed by atoms with Gasteiger partial charge in [0.1, 0.15) is 5.75 Å². The minimum absolute atomic E-state index is 0.132. The Hall–Kier alpha value is -2.33. The molecule has 0 heterocycles. The molecule has 1 atom stereocenters. The molecule has 0 bridgehead atoms. The van der Waals surface area contributed by atoms with Gasteiger partial charge in [0.15, 0.2) is 0 Å². The van der Waals surface area contributed by atoms with Crippen LogP contribution in [0.3, 0.4) is 0 Å². The lowest BCUT2D eigenvalue weighted by Crippen LogP contribution is -2.28. The van der Waals surface area contributed by atoms with Gasteiger partial charge in [0.25, 0.3) is 5.91 Å². The first kappa shape index (κ1) is 15.1. The molecule has 0 aromatic heterocycles. The summed E-state index contributed by atoms with van der Waals surface area (Å²) in [5.41, 5.74) is 2.33. The monoisotopic (exact) mass is 285 g/mol. The highest BCUT2D eigenvalue weighted by atomic mass is 16.5. The second-order valence-electron chi connectivity index (χ2n) is 4.83. The number of nitrogens with one attached hydrogen (secondary N) is 1. The van der Waals surface area contributed by atoms with Crippen LogP contribution >= 0.6 is 0 Å². The van der Waals surface area contributed by atoms with E-state index >= 15 is 0 Å². The number of carbonyl (C=O) groups excluding carboxylic acids is 1. The number of ether oxygens (including phenoxy) is 1. The van der Waals surface area contributed by atoms with Crippen molar-refractivity contribution < 1.29 is 14.6 Å². The van der Waals surface area contributed by atoms with Crippen molar-refractivity contribution >= 4 is 5.91 Å². The second-order valence-corrected chi connectivity index (χ2v) is 4.83. The Balaban J connectivity index is 1.99. The van der Waals surface area contributed by atoms with E-state index in [2.05, 4.69) is 5.32 Å². The van der Waals surface area contributed by atoms with E-state index in [-0.39, 0.29) is 12.5 Å². The van der Waals surface area contributed by atoms with Crippen LogP contribution in [0, 0.1) is 6.92 Å². The Morgan fingerprint density at radius 3 is 2.52 bits per heavy atom. The highest BCUT2D eigenvalue weighted by molar-refractivity contribution is 5.94. The first-order valence-corrected chi connectivity index (χ1v) is 6.77. The number of methoxy groups -OCH3 is 1. The molecule has 4 heteroatoms. The largest absolute Gasteiger partial charge is 0.496 e. The summed E-state index contributed by atoms with van der Waals surface area (Å²) in [7, 11) is 1.55. The van der Waals surface area contributed by atoms with Crippen molar-refractivity contribution in [3.05, 3.63) is 65.2 Å². The van der Waals surface area contributed by atoms with Crippen LogP contribution in [0.2, 0.25) is 0 Å². The van der Waals surface area contributed by atoms with Gasteiger partial charge in [0, 0.05) is 17.7 Å².